The third-order valence-electron chi connectivity index (χ3n) is 3.04. The third-order valence-corrected chi connectivity index (χ3v) is 3.04. The lowest BCUT2D eigenvalue weighted by molar-refractivity contribution is 0.0879. The molecule has 3 N–H and O–H groups in total. The van der Waals surface area contributed by atoms with Crippen LogP contribution in [0, 0.1) is 5.82 Å². The second-order valence-corrected chi connectivity index (χ2v) is 4.37. The fourth-order valence-corrected chi connectivity index (χ4v) is 2.26. The molecule has 1 aliphatic rings. The fraction of sp³-hybridized carbons (Fsp3) is 0. The summed E-state index contributed by atoms with van der Waals surface area (Å²) in [6.07, 6.45) is 0. The van der Waals surface area contributed by atoms with Gasteiger partial charge in [0.15, 0.2) is 0 Å². The first-order valence-electron chi connectivity index (χ1n) is 5.69. The van der Waals surface area contributed by atoms with Gasteiger partial charge in [-0.2, -0.15) is 0 Å². The molecule has 0 spiro atoms. The van der Waals surface area contributed by atoms with Gasteiger partial charge >= 0.3 is 0 Å². The van der Waals surface area contributed by atoms with Crippen molar-refractivity contribution in [2.75, 3.05) is 0 Å². The highest BCUT2D eigenvalue weighted by atomic mass is 19.1. The predicted octanol–water partition coefficient (Wildman–Crippen LogP) is 1.79. The van der Waals surface area contributed by atoms with Crippen LogP contribution in [0.15, 0.2) is 30.3 Å². The molecule has 0 aromatic heterocycles. The van der Waals surface area contributed by atoms with Crippen LogP contribution in [-0.2, 0) is 0 Å². The minimum Gasteiger partial charge on any atom is -0.508 e. The van der Waals surface area contributed by atoms with Gasteiger partial charge in [-0.05, 0) is 29.8 Å². The molecule has 2 aromatic rings. The highest BCUT2D eigenvalue weighted by molar-refractivity contribution is 6.24. The summed E-state index contributed by atoms with van der Waals surface area (Å²) < 4.78 is 14.0. The van der Waals surface area contributed by atoms with Crippen LogP contribution in [0.5, 0.6) is 11.5 Å². The summed E-state index contributed by atoms with van der Waals surface area (Å²) in [7, 11) is 0. The Morgan fingerprint density at radius 2 is 1.55 bits per heavy atom. The summed E-state index contributed by atoms with van der Waals surface area (Å²) in [5.74, 6) is -2.58. The number of carbonyl (C=O) groups excluding carboxylic acids is 2. The monoisotopic (exact) mass is 273 g/mol. The second kappa shape index (κ2) is 4.06. The molecule has 0 saturated heterocycles. The number of rotatable bonds is 1. The lowest BCUT2D eigenvalue weighted by atomic mass is 9.95. The van der Waals surface area contributed by atoms with E-state index in [9.17, 15) is 24.2 Å². The van der Waals surface area contributed by atoms with Gasteiger partial charge in [-0.1, -0.05) is 0 Å². The van der Waals surface area contributed by atoms with Crippen LogP contribution in [-0.4, -0.2) is 22.0 Å². The molecule has 2 amide bonds. The van der Waals surface area contributed by atoms with E-state index in [1.54, 1.807) is 0 Å². The average molecular weight is 273 g/mol. The van der Waals surface area contributed by atoms with Crippen molar-refractivity contribution in [2.45, 2.75) is 0 Å². The molecule has 1 aliphatic heterocycles. The average Bonchev–Trinajstić information content (AvgIpc) is 2.63. The highest BCUT2D eigenvalue weighted by Crippen LogP contribution is 2.35. The maximum Gasteiger partial charge on any atom is 0.259 e. The van der Waals surface area contributed by atoms with E-state index in [4.69, 9.17) is 0 Å². The summed E-state index contributed by atoms with van der Waals surface area (Å²) in [6.45, 7) is 0. The molecule has 6 heteroatoms. The number of phenols is 2. The van der Waals surface area contributed by atoms with Gasteiger partial charge in [-0.15, -0.1) is 0 Å². The molecule has 0 unspecified atom stereocenters. The zero-order chi connectivity index (χ0) is 14.4. The maximum absolute atomic E-state index is 14.0. The van der Waals surface area contributed by atoms with Crippen LogP contribution in [0.2, 0.25) is 0 Å². The van der Waals surface area contributed by atoms with Crippen molar-refractivity contribution >= 4 is 11.8 Å². The molecule has 5 nitrogen and oxygen atoms in total. The first-order chi connectivity index (χ1) is 9.47. The second-order valence-electron chi connectivity index (χ2n) is 4.37. The molecule has 0 fully saturated rings. The topological polar surface area (TPSA) is 86.6 Å². The maximum atomic E-state index is 14.0. The smallest absolute Gasteiger partial charge is 0.259 e. The highest BCUT2D eigenvalue weighted by Gasteiger charge is 2.31. The molecule has 1 heterocycles. The van der Waals surface area contributed by atoms with E-state index in [1.807, 2.05) is 0 Å². The standard InChI is InChI=1S/C14H8FNO4/c15-10-2-1-9-12(14(20)16-13(9)19)11(10)6-3-7(17)5-8(18)4-6/h1-5,17-18H,(H,16,19,20). The number of hydrogen-bond donors (Lipinski definition) is 3. The van der Waals surface area contributed by atoms with Gasteiger partial charge in [-0.25, -0.2) is 4.39 Å². The number of halogens is 1. The van der Waals surface area contributed by atoms with E-state index < -0.39 is 17.6 Å². The van der Waals surface area contributed by atoms with Crippen LogP contribution in [0.4, 0.5) is 4.39 Å². The molecule has 0 aliphatic carbocycles. The number of hydrogen-bond acceptors (Lipinski definition) is 4. The summed E-state index contributed by atoms with van der Waals surface area (Å²) in [5, 5.41) is 21.0. The molecular weight excluding hydrogens is 265 g/mol. The van der Waals surface area contributed by atoms with Crippen molar-refractivity contribution in [3.63, 3.8) is 0 Å². The number of aromatic hydroxyl groups is 2. The van der Waals surface area contributed by atoms with Crippen molar-refractivity contribution in [1.82, 2.24) is 5.32 Å². The minimum atomic E-state index is -0.724. The summed E-state index contributed by atoms with van der Waals surface area (Å²) >= 11 is 0. The van der Waals surface area contributed by atoms with Crippen LogP contribution < -0.4 is 5.32 Å². The Morgan fingerprint density at radius 3 is 2.20 bits per heavy atom. The van der Waals surface area contributed by atoms with E-state index in [0.29, 0.717) is 0 Å². The summed E-state index contributed by atoms with van der Waals surface area (Å²) in [4.78, 5) is 23.3. The number of benzene rings is 2. The Labute approximate surface area is 112 Å². The SMILES string of the molecule is O=C1NC(=O)c2c1ccc(F)c2-c1cc(O)cc(O)c1. The van der Waals surface area contributed by atoms with Gasteiger partial charge in [0, 0.05) is 11.6 Å². The van der Waals surface area contributed by atoms with Crippen molar-refractivity contribution in [3.8, 4) is 22.6 Å². The lowest BCUT2D eigenvalue weighted by Gasteiger charge is -2.09. The van der Waals surface area contributed by atoms with Gasteiger partial charge in [0.1, 0.15) is 17.3 Å². The number of carbonyl (C=O) groups is 2. The van der Waals surface area contributed by atoms with Crippen molar-refractivity contribution in [3.05, 3.63) is 47.3 Å². The van der Waals surface area contributed by atoms with Gasteiger partial charge in [0.25, 0.3) is 11.8 Å². The van der Waals surface area contributed by atoms with E-state index in [-0.39, 0.29) is 33.8 Å². The van der Waals surface area contributed by atoms with Gasteiger partial charge in [-0.3, -0.25) is 14.9 Å². The fourth-order valence-electron chi connectivity index (χ4n) is 2.26. The number of nitrogens with one attached hydrogen (secondary N) is 1. The molecule has 100 valence electrons. The normalized spacial score (nSPS) is 13.2. The molecular formula is C14H8FNO4. The molecule has 20 heavy (non-hydrogen) atoms. The van der Waals surface area contributed by atoms with E-state index >= 15 is 0 Å². The molecule has 0 radical (unpaired) electrons. The Morgan fingerprint density at radius 1 is 0.900 bits per heavy atom. The van der Waals surface area contributed by atoms with E-state index in [1.165, 1.54) is 18.2 Å². The molecule has 2 aromatic carbocycles. The summed E-state index contributed by atoms with van der Waals surface area (Å²) in [6, 6.07) is 5.77. The first-order valence-corrected chi connectivity index (χ1v) is 5.69. The van der Waals surface area contributed by atoms with Crippen molar-refractivity contribution in [2.24, 2.45) is 0 Å². The molecule has 0 atom stereocenters. The Balaban J connectivity index is 2.34. The zero-order valence-electron chi connectivity index (χ0n) is 9.98. The van der Waals surface area contributed by atoms with Gasteiger partial charge in [0.2, 0.25) is 0 Å². The van der Waals surface area contributed by atoms with Crippen LogP contribution >= 0.6 is 0 Å². The number of amides is 2. The minimum absolute atomic E-state index is 0.0641. The van der Waals surface area contributed by atoms with Crippen LogP contribution in [0.1, 0.15) is 20.7 Å². The van der Waals surface area contributed by atoms with Crippen LogP contribution in [0.3, 0.4) is 0 Å². The van der Waals surface area contributed by atoms with E-state index in [2.05, 4.69) is 5.32 Å². The predicted molar refractivity (Wildman–Crippen MR) is 67.0 cm³/mol. The number of fused-ring (bicyclic) bond motifs is 1. The number of imide groups is 1. The Hall–Kier alpha value is -2.89. The number of phenolic OH excluding ortho intramolecular Hbond substituents is 2. The molecule has 3 rings (SSSR count). The summed E-state index contributed by atoms with van der Waals surface area (Å²) in [5.41, 5.74) is -0.0482. The third kappa shape index (κ3) is 1.70. The van der Waals surface area contributed by atoms with Crippen molar-refractivity contribution < 1.29 is 24.2 Å². The molecule has 0 bridgehead atoms. The zero-order valence-corrected chi connectivity index (χ0v) is 9.98. The first kappa shape index (κ1) is 12.2. The lowest BCUT2D eigenvalue weighted by Crippen LogP contribution is -2.20. The Kier molecular flexibility index (Phi) is 2.47. The van der Waals surface area contributed by atoms with Crippen LogP contribution in [0.25, 0.3) is 11.1 Å². The largest absolute Gasteiger partial charge is 0.508 e. The van der Waals surface area contributed by atoms with E-state index in [0.717, 1.165) is 12.1 Å². The van der Waals surface area contributed by atoms with Gasteiger partial charge < -0.3 is 10.2 Å². The quantitative estimate of drug-likeness (QED) is 0.691. The molecule has 0 saturated carbocycles. The van der Waals surface area contributed by atoms with Gasteiger partial charge in [0.05, 0.1) is 11.1 Å². The van der Waals surface area contributed by atoms with Crippen molar-refractivity contribution in [1.29, 1.82) is 0 Å². The Bertz CT molecular complexity index is 750.